The molecule has 0 aromatic carbocycles. The Kier molecular flexibility index (Phi) is 4.22. The van der Waals surface area contributed by atoms with Gasteiger partial charge >= 0.3 is 0 Å². The molecule has 2 aliphatic rings. The Morgan fingerprint density at radius 1 is 1.38 bits per heavy atom. The van der Waals surface area contributed by atoms with E-state index in [0.29, 0.717) is 11.8 Å². The predicted octanol–water partition coefficient (Wildman–Crippen LogP) is 2.64. The maximum Gasteiger partial charge on any atom is 0.246 e. The van der Waals surface area contributed by atoms with Crippen molar-refractivity contribution in [1.82, 2.24) is 5.01 Å². The zero-order valence-electron chi connectivity index (χ0n) is 9.57. The van der Waals surface area contributed by atoms with E-state index in [9.17, 15) is 4.79 Å². The number of amides is 1. The zero-order chi connectivity index (χ0) is 11.4. The Bertz CT molecular complexity index is 280. The highest BCUT2D eigenvalue weighted by Crippen LogP contribution is 2.32. The molecular formula is C12H19ClN2O. The summed E-state index contributed by atoms with van der Waals surface area (Å²) >= 11 is 5.62. The van der Waals surface area contributed by atoms with Gasteiger partial charge in [-0.05, 0) is 25.7 Å². The Morgan fingerprint density at radius 2 is 2.19 bits per heavy atom. The third-order valence-electron chi connectivity index (χ3n) is 3.54. The van der Waals surface area contributed by atoms with Crippen LogP contribution in [0.5, 0.6) is 0 Å². The van der Waals surface area contributed by atoms with Crippen molar-refractivity contribution in [2.24, 2.45) is 16.9 Å². The molecule has 1 aliphatic carbocycles. The molecule has 1 amide bonds. The Balaban J connectivity index is 1.92. The molecule has 2 rings (SSSR count). The standard InChI is InChI=1S/C12H19ClN2O/c13-7-3-4-8-15-12(16)11-6-2-1-5-10(11)9-14-15/h9-11H,1-8H2/t10-,11-/m0/s1. The van der Waals surface area contributed by atoms with Crippen molar-refractivity contribution in [2.45, 2.75) is 38.5 Å². The van der Waals surface area contributed by atoms with E-state index in [4.69, 9.17) is 11.6 Å². The SMILES string of the molecule is O=C1[C@H]2CCCC[C@H]2C=NN1CCCCCl. The zero-order valence-corrected chi connectivity index (χ0v) is 10.3. The van der Waals surface area contributed by atoms with Crippen LogP contribution < -0.4 is 0 Å². The highest BCUT2D eigenvalue weighted by Gasteiger charge is 2.35. The first kappa shape index (κ1) is 11.9. The minimum absolute atomic E-state index is 0.210. The summed E-state index contributed by atoms with van der Waals surface area (Å²) in [6.45, 7) is 0.727. The van der Waals surface area contributed by atoms with Gasteiger partial charge in [-0.1, -0.05) is 12.8 Å². The van der Waals surface area contributed by atoms with Crippen LogP contribution in [-0.2, 0) is 4.79 Å². The van der Waals surface area contributed by atoms with Gasteiger partial charge in [-0.2, -0.15) is 5.10 Å². The summed E-state index contributed by atoms with van der Waals surface area (Å²) in [5, 5.41) is 5.93. The summed E-state index contributed by atoms with van der Waals surface area (Å²) in [5.41, 5.74) is 0. The molecule has 0 aromatic rings. The third-order valence-corrected chi connectivity index (χ3v) is 3.81. The lowest BCUT2D eigenvalue weighted by Crippen LogP contribution is -2.42. The van der Waals surface area contributed by atoms with E-state index < -0.39 is 0 Å². The number of alkyl halides is 1. The van der Waals surface area contributed by atoms with Gasteiger partial charge in [-0.3, -0.25) is 4.79 Å². The molecule has 16 heavy (non-hydrogen) atoms. The lowest BCUT2D eigenvalue weighted by molar-refractivity contribution is -0.138. The highest BCUT2D eigenvalue weighted by atomic mass is 35.5. The molecule has 2 atom stereocenters. The van der Waals surface area contributed by atoms with Crippen molar-refractivity contribution in [1.29, 1.82) is 0 Å². The van der Waals surface area contributed by atoms with Crippen molar-refractivity contribution in [3.8, 4) is 0 Å². The topological polar surface area (TPSA) is 32.7 Å². The first-order chi connectivity index (χ1) is 7.83. The first-order valence-electron chi connectivity index (χ1n) is 6.24. The predicted molar refractivity (Wildman–Crippen MR) is 65.6 cm³/mol. The van der Waals surface area contributed by atoms with E-state index in [1.54, 1.807) is 5.01 Å². The van der Waals surface area contributed by atoms with E-state index >= 15 is 0 Å². The van der Waals surface area contributed by atoms with Gasteiger partial charge in [-0.25, -0.2) is 5.01 Å². The van der Waals surface area contributed by atoms with E-state index in [-0.39, 0.29) is 11.8 Å². The average molecular weight is 243 g/mol. The average Bonchev–Trinajstić information content (AvgIpc) is 2.33. The van der Waals surface area contributed by atoms with Crippen LogP contribution in [0.2, 0.25) is 0 Å². The Labute approximate surface area is 102 Å². The van der Waals surface area contributed by atoms with Gasteiger partial charge in [0.2, 0.25) is 5.91 Å². The van der Waals surface area contributed by atoms with Crippen molar-refractivity contribution in [3.05, 3.63) is 0 Å². The summed E-state index contributed by atoms with van der Waals surface area (Å²) in [6.07, 6.45) is 8.50. The van der Waals surface area contributed by atoms with Crippen LogP contribution in [0.1, 0.15) is 38.5 Å². The summed E-state index contributed by atoms with van der Waals surface area (Å²) in [4.78, 5) is 12.1. The van der Waals surface area contributed by atoms with Crippen molar-refractivity contribution < 1.29 is 4.79 Å². The lowest BCUT2D eigenvalue weighted by Gasteiger charge is -2.34. The molecule has 1 heterocycles. The summed E-state index contributed by atoms with van der Waals surface area (Å²) in [6, 6.07) is 0. The number of carbonyl (C=O) groups excluding carboxylic acids is 1. The van der Waals surface area contributed by atoms with Gasteiger partial charge in [0.15, 0.2) is 0 Å². The number of hydrogen-bond acceptors (Lipinski definition) is 2. The van der Waals surface area contributed by atoms with Crippen LogP contribution >= 0.6 is 11.6 Å². The van der Waals surface area contributed by atoms with E-state index in [2.05, 4.69) is 5.10 Å². The van der Waals surface area contributed by atoms with Crippen molar-refractivity contribution >= 4 is 23.7 Å². The van der Waals surface area contributed by atoms with E-state index in [1.165, 1.54) is 12.8 Å². The molecule has 3 nitrogen and oxygen atoms in total. The number of fused-ring (bicyclic) bond motifs is 1. The lowest BCUT2D eigenvalue weighted by atomic mass is 9.78. The van der Waals surface area contributed by atoms with Gasteiger partial charge in [0.1, 0.15) is 0 Å². The number of rotatable bonds is 4. The van der Waals surface area contributed by atoms with Crippen molar-refractivity contribution in [3.63, 3.8) is 0 Å². The summed E-state index contributed by atoms with van der Waals surface area (Å²) in [7, 11) is 0. The molecule has 1 aliphatic heterocycles. The molecule has 0 aromatic heterocycles. The number of carbonyl (C=O) groups is 1. The van der Waals surface area contributed by atoms with Crippen LogP contribution in [-0.4, -0.2) is 29.6 Å². The number of hydrogen-bond donors (Lipinski definition) is 0. The van der Waals surface area contributed by atoms with E-state index in [0.717, 1.165) is 32.2 Å². The second-order valence-corrected chi connectivity index (χ2v) is 5.05. The van der Waals surface area contributed by atoms with Gasteiger partial charge in [0.25, 0.3) is 0 Å². The molecular weight excluding hydrogens is 224 g/mol. The number of nitrogens with zero attached hydrogens (tertiary/aromatic N) is 2. The van der Waals surface area contributed by atoms with E-state index in [1.807, 2.05) is 6.21 Å². The van der Waals surface area contributed by atoms with Gasteiger partial charge in [-0.15, -0.1) is 11.6 Å². The monoisotopic (exact) mass is 242 g/mol. The molecule has 90 valence electrons. The number of unbranched alkanes of at least 4 members (excludes halogenated alkanes) is 1. The molecule has 0 spiro atoms. The third kappa shape index (κ3) is 2.57. The fraction of sp³-hybridized carbons (Fsp3) is 0.833. The summed E-state index contributed by atoms with van der Waals surface area (Å²) < 4.78 is 0. The minimum Gasteiger partial charge on any atom is -0.273 e. The highest BCUT2D eigenvalue weighted by molar-refractivity contribution is 6.17. The smallest absolute Gasteiger partial charge is 0.246 e. The van der Waals surface area contributed by atoms with Gasteiger partial charge in [0, 0.05) is 30.5 Å². The normalized spacial score (nSPS) is 29.3. The molecule has 0 bridgehead atoms. The number of halogens is 1. The molecule has 0 unspecified atom stereocenters. The van der Waals surface area contributed by atoms with Crippen LogP contribution in [0, 0.1) is 11.8 Å². The molecule has 1 fully saturated rings. The van der Waals surface area contributed by atoms with Gasteiger partial charge < -0.3 is 0 Å². The van der Waals surface area contributed by atoms with Crippen LogP contribution in [0.3, 0.4) is 0 Å². The molecule has 1 saturated carbocycles. The quantitative estimate of drug-likeness (QED) is 0.551. The number of hydrazone groups is 1. The Morgan fingerprint density at radius 3 is 3.00 bits per heavy atom. The fourth-order valence-electron chi connectivity index (χ4n) is 2.58. The van der Waals surface area contributed by atoms with Gasteiger partial charge in [0.05, 0.1) is 0 Å². The van der Waals surface area contributed by atoms with Crippen LogP contribution in [0.25, 0.3) is 0 Å². The maximum atomic E-state index is 12.1. The first-order valence-corrected chi connectivity index (χ1v) is 6.78. The molecule has 4 heteroatoms. The summed E-state index contributed by atoms with van der Waals surface area (Å²) in [5.74, 6) is 1.52. The van der Waals surface area contributed by atoms with Crippen LogP contribution in [0.15, 0.2) is 5.10 Å². The molecule has 0 radical (unpaired) electrons. The fourth-order valence-corrected chi connectivity index (χ4v) is 2.77. The Hall–Kier alpha value is -0.570. The van der Waals surface area contributed by atoms with Crippen LogP contribution in [0.4, 0.5) is 0 Å². The second kappa shape index (κ2) is 5.67. The molecule has 0 saturated heterocycles. The van der Waals surface area contributed by atoms with Crippen molar-refractivity contribution in [2.75, 3.05) is 12.4 Å². The minimum atomic E-state index is 0.210. The maximum absolute atomic E-state index is 12.1. The molecule has 0 N–H and O–H groups in total. The largest absolute Gasteiger partial charge is 0.273 e. The second-order valence-electron chi connectivity index (χ2n) is 4.68.